The molecular formula is C19H21N3O3S. The average molecular weight is 371 g/mol. The highest BCUT2D eigenvalue weighted by molar-refractivity contribution is 7.98. The Hall–Kier alpha value is -2.67. The highest BCUT2D eigenvalue weighted by atomic mass is 32.2. The molecule has 26 heavy (non-hydrogen) atoms. The number of thioether (sulfide) groups is 1. The number of amides is 3. The maximum atomic E-state index is 12.6. The first kappa shape index (κ1) is 18.1. The van der Waals surface area contributed by atoms with Crippen LogP contribution in [0.5, 0.6) is 5.75 Å². The van der Waals surface area contributed by atoms with Crippen molar-refractivity contribution in [2.24, 2.45) is 0 Å². The van der Waals surface area contributed by atoms with Gasteiger partial charge in [-0.1, -0.05) is 6.07 Å². The summed E-state index contributed by atoms with van der Waals surface area (Å²) in [6.07, 6.45) is 1.98. The molecule has 1 heterocycles. The van der Waals surface area contributed by atoms with E-state index in [1.165, 1.54) is 0 Å². The molecule has 0 spiro atoms. The van der Waals surface area contributed by atoms with Crippen molar-refractivity contribution in [3.05, 3.63) is 48.5 Å². The summed E-state index contributed by atoms with van der Waals surface area (Å²) in [5, 5.41) is 2.85. The van der Waals surface area contributed by atoms with Crippen molar-refractivity contribution < 1.29 is 14.3 Å². The van der Waals surface area contributed by atoms with Crippen LogP contribution in [0, 0.1) is 0 Å². The van der Waals surface area contributed by atoms with Gasteiger partial charge in [-0.25, -0.2) is 4.79 Å². The van der Waals surface area contributed by atoms with Gasteiger partial charge in [0.2, 0.25) is 5.91 Å². The first-order valence-corrected chi connectivity index (χ1v) is 9.47. The second-order valence-corrected chi connectivity index (χ2v) is 6.71. The molecule has 1 N–H and O–H groups in total. The standard InChI is InChI=1S/C19H21N3O3S/c1-25-16-8-6-15(7-9-16)22-11-10-21(19(22)24)13-18(23)20-14-4-3-5-17(12-14)26-2/h3-9,12H,10-11,13H2,1-2H3,(H,20,23). The molecule has 2 aromatic carbocycles. The molecule has 0 unspecified atom stereocenters. The number of carbonyl (C=O) groups excluding carboxylic acids is 2. The molecule has 7 heteroatoms. The zero-order valence-electron chi connectivity index (χ0n) is 14.8. The minimum Gasteiger partial charge on any atom is -0.497 e. The summed E-state index contributed by atoms with van der Waals surface area (Å²) in [5.41, 5.74) is 1.53. The normalized spacial score (nSPS) is 13.8. The van der Waals surface area contributed by atoms with E-state index < -0.39 is 0 Å². The molecule has 2 aromatic rings. The zero-order chi connectivity index (χ0) is 18.5. The lowest BCUT2D eigenvalue weighted by Gasteiger charge is -2.18. The number of hydrogen-bond acceptors (Lipinski definition) is 4. The Morgan fingerprint density at radius 1 is 1.19 bits per heavy atom. The van der Waals surface area contributed by atoms with E-state index in [9.17, 15) is 9.59 Å². The Balaban J connectivity index is 1.60. The van der Waals surface area contributed by atoms with Gasteiger partial charge in [0.15, 0.2) is 0 Å². The minimum absolute atomic E-state index is 0.0367. The van der Waals surface area contributed by atoms with Crippen LogP contribution >= 0.6 is 11.8 Å². The fourth-order valence-corrected chi connectivity index (χ4v) is 3.27. The van der Waals surface area contributed by atoms with E-state index in [1.54, 1.807) is 28.7 Å². The molecule has 3 rings (SSSR count). The molecule has 0 saturated carbocycles. The number of benzene rings is 2. The fraction of sp³-hybridized carbons (Fsp3) is 0.263. The van der Waals surface area contributed by atoms with Crippen molar-refractivity contribution >= 4 is 35.1 Å². The third kappa shape index (κ3) is 4.11. The number of methoxy groups -OCH3 is 1. The average Bonchev–Trinajstić information content (AvgIpc) is 3.02. The van der Waals surface area contributed by atoms with E-state index in [0.717, 1.165) is 22.0 Å². The highest BCUT2D eigenvalue weighted by Crippen LogP contribution is 2.23. The summed E-state index contributed by atoms with van der Waals surface area (Å²) >= 11 is 1.61. The zero-order valence-corrected chi connectivity index (χ0v) is 15.6. The Bertz CT molecular complexity index is 795. The quantitative estimate of drug-likeness (QED) is 0.792. The minimum atomic E-state index is -0.201. The van der Waals surface area contributed by atoms with Crippen LogP contribution in [0.25, 0.3) is 0 Å². The fourth-order valence-electron chi connectivity index (χ4n) is 2.81. The summed E-state index contributed by atoms with van der Waals surface area (Å²) in [4.78, 5) is 29.2. The van der Waals surface area contributed by atoms with Crippen LogP contribution in [-0.4, -0.2) is 49.8 Å². The monoisotopic (exact) mass is 371 g/mol. The predicted molar refractivity (Wildman–Crippen MR) is 104 cm³/mol. The Morgan fingerprint density at radius 2 is 1.96 bits per heavy atom. The molecule has 0 bridgehead atoms. The van der Waals surface area contributed by atoms with E-state index in [4.69, 9.17) is 4.74 Å². The largest absolute Gasteiger partial charge is 0.497 e. The Kier molecular flexibility index (Phi) is 5.68. The van der Waals surface area contributed by atoms with Gasteiger partial charge in [0, 0.05) is 29.4 Å². The van der Waals surface area contributed by atoms with Crippen LogP contribution in [-0.2, 0) is 4.79 Å². The van der Waals surface area contributed by atoms with E-state index in [-0.39, 0.29) is 18.5 Å². The number of ether oxygens (including phenoxy) is 1. The van der Waals surface area contributed by atoms with Crippen molar-refractivity contribution in [3.8, 4) is 5.75 Å². The third-order valence-electron chi connectivity index (χ3n) is 4.17. The van der Waals surface area contributed by atoms with Gasteiger partial charge in [-0.05, 0) is 48.7 Å². The smallest absolute Gasteiger partial charge is 0.325 e. The van der Waals surface area contributed by atoms with Gasteiger partial charge in [0.05, 0.1) is 7.11 Å². The number of rotatable bonds is 6. The number of hydrogen-bond donors (Lipinski definition) is 1. The van der Waals surface area contributed by atoms with Crippen LogP contribution in [0.15, 0.2) is 53.4 Å². The molecule has 0 atom stereocenters. The second-order valence-electron chi connectivity index (χ2n) is 5.83. The summed E-state index contributed by atoms with van der Waals surface area (Å²) in [6.45, 7) is 1.11. The van der Waals surface area contributed by atoms with Crippen LogP contribution in [0.4, 0.5) is 16.2 Å². The molecule has 136 valence electrons. The van der Waals surface area contributed by atoms with E-state index >= 15 is 0 Å². The molecule has 1 saturated heterocycles. The lowest BCUT2D eigenvalue weighted by molar-refractivity contribution is -0.116. The van der Waals surface area contributed by atoms with Gasteiger partial charge >= 0.3 is 6.03 Å². The van der Waals surface area contributed by atoms with Gasteiger partial charge in [0.1, 0.15) is 12.3 Å². The Labute approximate surface area is 157 Å². The van der Waals surface area contributed by atoms with Gasteiger partial charge in [-0.15, -0.1) is 11.8 Å². The molecule has 3 amide bonds. The van der Waals surface area contributed by atoms with Crippen molar-refractivity contribution in [2.75, 3.05) is 43.2 Å². The first-order chi connectivity index (χ1) is 12.6. The Morgan fingerprint density at radius 3 is 2.65 bits per heavy atom. The van der Waals surface area contributed by atoms with Gasteiger partial charge in [0.25, 0.3) is 0 Å². The van der Waals surface area contributed by atoms with Crippen molar-refractivity contribution in [2.45, 2.75) is 4.90 Å². The highest BCUT2D eigenvalue weighted by Gasteiger charge is 2.30. The summed E-state index contributed by atoms with van der Waals surface area (Å²) in [5.74, 6) is 0.539. The predicted octanol–water partition coefficient (Wildman–Crippen LogP) is 3.30. The molecule has 0 aromatic heterocycles. The molecule has 1 aliphatic heterocycles. The summed E-state index contributed by atoms with van der Waals surface area (Å²) < 4.78 is 5.14. The second kappa shape index (κ2) is 8.14. The third-order valence-corrected chi connectivity index (χ3v) is 4.89. The maximum Gasteiger partial charge on any atom is 0.325 e. The lowest BCUT2D eigenvalue weighted by atomic mass is 10.3. The number of nitrogens with one attached hydrogen (secondary N) is 1. The molecule has 6 nitrogen and oxygen atoms in total. The van der Waals surface area contributed by atoms with Crippen LogP contribution in [0.3, 0.4) is 0 Å². The van der Waals surface area contributed by atoms with Crippen LogP contribution in [0.1, 0.15) is 0 Å². The van der Waals surface area contributed by atoms with Crippen molar-refractivity contribution in [3.63, 3.8) is 0 Å². The van der Waals surface area contributed by atoms with Crippen molar-refractivity contribution in [1.29, 1.82) is 0 Å². The SMILES string of the molecule is COc1ccc(N2CCN(CC(=O)Nc3cccc(SC)c3)C2=O)cc1. The van der Waals surface area contributed by atoms with E-state index in [1.807, 2.05) is 54.8 Å². The molecule has 1 fully saturated rings. The number of nitrogens with zero attached hydrogens (tertiary/aromatic N) is 2. The summed E-state index contributed by atoms with van der Waals surface area (Å²) in [6, 6.07) is 14.8. The number of carbonyl (C=O) groups is 2. The van der Waals surface area contributed by atoms with Crippen LogP contribution in [0.2, 0.25) is 0 Å². The molecular weight excluding hydrogens is 350 g/mol. The van der Waals surface area contributed by atoms with Gasteiger partial charge in [-0.3, -0.25) is 9.69 Å². The van der Waals surface area contributed by atoms with Crippen molar-refractivity contribution in [1.82, 2.24) is 4.90 Å². The van der Waals surface area contributed by atoms with E-state index in [0.29, 0.717) is 13.1 Å². The van der Waals surface area contributed by atoms with Crippen LogP contribution < -0.4 is 15.0 Å². The number of anilines is 2. The lowest BCUT2D eigenvalue weighted by Crippen LogP contribution is -2.37. The first-order valence-electron chi connectivity index (χ1n) is 8.25. The molecule has 1 aliphatic rings. The topological polar surface area (TPSA) is 61.9 Å². The summed E-state index contributed by atoms with van der Waals surface area (Å²) in [7, 11) is 1.60. The van der Waals surface area contributed by atoms with E-state index in [2.05, 4.69) is 5.32 Å². The molecule has 0 aliphatic carbocycles. The van der Waals surface area contributed by atoms with Gasteiger partial charge < -0.3 is 15.0 Å². The number of urea groups is 1. The molecule has 0 radical (unpaired) electrons. The maximum absolute atomic E-state index is 12.6. The van der Waals surface area contributed by atoms with Gasteiger partial charge in [-0.2, -0.15) is 0 Å².